The number of terminal acetylenes is 1. The van der Waals surface area contributed by atoms with Crippen LogP contribution in [-0.4, -0.2) is 12.3 Å². The first-order valence-corrected chi connectivity index (χ1v) is 3.61. The van der Waals surface area contributed by atoms with Gasteiger partial charge >= 0.3 is 0 Å². The van der Waals surface area contributed by atoms with Crippen LogP contribution in [0.1, 0.15) is 0 Å². The highest BCUT2D eigenvalue weighted by atomic mass is 16.1. The standard InChI is InChI=1S/C10H9NO/c1-2-10(12)8-11-9-6-4-3-5-7-9/h1,3-7,11H,8H2. The number of para-hydroxylation sites is 1. The molecule has 0 spiro atoms. The van der Waals surface area contributed by atoms with Crippen molar-refractivity contribution in [3.05, 3.63) is 30.3 Å². The van der Waals surface area contributed by atoms with Crippen molar-refractivity contribution in [1.29, 1.82) is 0 Å². The van der Waals surface area contributed by atoms with Crippen molar-refractivity contribution >= 4 is 11.5 Å². The van der Waals surface area contributed by atoms with Crippen molar-refractivity contribution in [1.82, 2.24) is 0 Å². The van der Waals surface area contributed by atoms with Crippen LogP contribution in [-0.2, 0) is 4.79 Å². The zero-order valence-corrected chi connectivity index (χ0v) is 6.58. The van der Waals surface area contributed by atoms with Crippen LogP contribution >= 0.6 is 0 Å². The summed E-state index contributed by atoms with van der Waals surface area (Å²) in [5, 5.41) is 2.90. The van der Waals surface area contributed by atoms with Crippen molar-refractivity contribution in [2.45, 2.75) is 0 Å². The molecule has 0 bridgehead atoms. The molecule has 0 aliphatic carbocycles. The predicted molar refractivity (Wildman–Crippen MR) is 48.8 cm³/mol. The number of anilines is 1. The molecule has 0 aliphatic heterocycles. The van der Waals surface area contributed by atoms with E-state index in [-0.39, 0.29) is 12.3 Å². The Labute approximate surface area is 71.6 Å². The number of hydrogen-bond acceptors (Lipinski definition) is 2. The summed E-state index contributed by atoms with van der Waals surface area (Å²) in [7, 11) is 0. The molecule has 0 saturated heterocycles. The van der Waals surface area contributed by atoms with Gasteiger partial charge in [-0.2, -0.15) is 0 Å². The van der Waals surface area contributed by atoms with Gasteiger partial charge in [-0.15, -0.1) is 6.42 Å². The summed E-state index contributed by atoms with van der Waals surface area (Å²) in [5.41, 5.74) is 0.904. The summed E-state index contributed by atoms with van der Waals surface area (Å²) in [5.74, 6) is 1.80. The van der Waals surface area contributed by atoms with E-state index in [4.69, 9.17) is 6.42 Å². The molecule has 1 aromatic carbocycles. The van der Waals surface area contributed by atoms with Crippen LogP contribution in [0.3, 0.4) is 0 Å². The molecule has 0 atom stereocenters. The number of benzene rings is 1. The third-order valence-electron chi connectivity index (χ3n) is 1.39. The molecule has 0 fully saturated rings. The summed E-state index contributed by atoms with van der Waals surface area (Å²) >= 11 is 0. The highest BCUT2D eigenvalue weighted by Gasteiger charge is 1.94. The van der Waals surface area contributed by atoms with E-state index in [1.807, 2.05) is 36.3 Å². The van der Waals surface area contributed by atoms with E-state index >= 15 is 0 Å². The number of carbonyl (C=O) groups is 1. The van der Waals surface area contributed by atoms with Crippen molar-refractivity contribution in [2.75, 3.05) is 11.9 Å². The summed E-state index contributed by atoms with van der Waals surface area (Å²) < 4.78 is 0. The molecule has 0 aliphatic rings. The minimum absolute atomic E-state index is 0.195. The molecule has 2 nitrogen and oxygen atoms in total. The monoisotopic (exact) mass is 159 g/mol. The fourth-order valence-electron chi connectivity index (χ4n) is 0.789. The Morgan fingerprint density at radius 1 is 1.42 bits per heavy atom. The molecule has 12 heavy (non-hydrogen) atoms. The molecule has 60 valence electrons. The van der Waals surface area contributed by atoms with E-state index in [9.17, 15) is 4.79 Å². The lowest BCUT2D eigenvalue weighted by Gasteiger charge is -2.00. The molecule has 0 aromatic heterocycles. The van der Waals surface area contributed by atoms with Gasteiger partial charge in [-0.25, -0.2) is 0 Å². The van der Waals surface area contributed by atoms with Crippen LogP contribution in [0.4, 0.5) is 5.69 Å². The Bertz CT molecular complexity index is 297. The van der Waals surface area contributed by atoms with Crippen LogP contribution < -0.4 is 5.32 Å². The fourth-order valence-corrected chi connectivity index (χ4v) is 0.789. The zero-order chi connectivity index (χ0) is 8.81. The first-order chi connectivity index (χ1) is 5.83. The minimum Gasteiger partial charge on any atom is -0.377 e. The smallest absolute Gasteiger partial charge is 0.224 e. The average molecular weight is 159 g/mol. The number of rotatable bonds is 3. The molecular weight excluding hydrogens is 150 g/mol. The van der Waals surface area contributed by atoms with Gasteiger partial charge in [-0.1, -0.05) is 18.2 Å². The molecule has 0 saturated carbocycles. The van der Waals surface area contributed by atoms with Gasteiger partial charge in [0.2, 0.25) is 5.78 Å². The van der Waals surface area contributed by atoms with E-state index in [1.165, 1.54) is 0 Å². The lowest BCUT2D eigenvalue weighted by Crippen LogP contribution is -2.10. The summed E-state index contributed by atoms with van der Waals surface area (Å²) in [6, 6.07) is 9.45. The second-order valence-corrected chi connectivity index (χ2v) is 2.29. The van der Waals surface area contributed by atoms with E-state index in [1.54, 1.807) is 0 Å². The number of nitrogens with one attached hydrogen (secondary N) is 1. The lowest BCUT2D eigenvalue weighted by atomic mass is 10.3. The van der Waals surface area contributed by atoms with Gasteiger partial charge < -0.3 is 5.32 Å². The van der Waals surface area contributed by atoms with Crippen LogP contribution in [0.25, 0.3) is 0 Å². The number of ketones is 1. The maximum absolute atomic E-state index is 10.7. The largest absolute Gasteiger partial charge is 0.377 e. The SMILES string of the molecule is C#CC(=O)CNc1ccccc1. The number of hydrogen-bond donors (Lipinski definition) is 1. The highest BCUT2D eigenvalue weighted by Crippen LogP contribution is 2.03. The summed E-state index contributed by atoms with van der Waals surface area (Å²) in [6.07, 6.45) is 4.90. The highest BCUT2D eigenvalue weighted by molar-refractivity contribution is 5.97. The quantitative estimate of drug-likeness (QED) is 0.532. The van der Waals surface area contributed by atoms with Gasteiger partial charge in [0.25, 0.3) is 0 Å². The van der Waals surface area contributed by atoms with Crippen molar-refractivity contribution in [3.8, 4) is 12.3 Å². The molecule has 1 rings (SSSR count). The van der Waals surface area contributed by atoms with Gasteiger partial charge in [0.15, 0.2) is 0 Å². The average Bonchev–Trinajstić information content (AvgIpc) is 2.16. The van der Waals surface area contributed by atoms with Crippen LogP contribution in [0.2, 0.25) is 0 Å². The molecule has 2 heteroatoms. The molecule has 1 N–H and O–H groups in total. The maximum Gasteiger partial charge on any atom is 0.224 e. The van der Waals surface area contributed by atoms with E-state index in [0.717, 1.165) is 5.69 Å². The van der Waals surface area contributed by atoms with Crippen LogP contribution in [0.15, 0.2) is 30.3 Å². The zero-order valence-electron chi connectivity index (χ0n) is 6.58. The molecular formula is C10H9NO. The van der Waals surface area contributed by atoms with Crippen LogP contribution in [0, 0.1) is 12.3 Å². The predicted octanol–water partition coefficient (Wildman–Crippen LogP) is 1.30. The maximum atomic E-state index is 10.7. The topological polar surface area (TPSA) is 29.1 Å². The minimum atomic E-state index is -0.237. The van der Waals surface area contributed by atoms with Gasteiger partial charge in [0.05, 0.1) is 6.54 Å². The van der Waals surface area contributed by atoms with Gasteiger partial charge in [0.1, 0.15) is 0 Å². The Balaban J connectivity index is 2.45. The Morgan fingerprint density at radius 3 is 2.67 bits per heavy atom. The second kappa shape index (κ2) is 4.20. The Hall–Kier alpha value is -1.75. The molecule has 0 heterocycles. The third-order valence-corrected chi connectivity index (χ3v) is 1.39. The van der Waals surface area contributed by atoms with E-state index < -0.39 is 0 Å². The van der Waals surface area contributed by atoms with Gasteiger partial charge in [-0.05, 0) is 18.1 Å². The second-order valence-electron chi connectivity index (χ2n) is 2.29. The van der Waals surface area contributed by atoms with Crippen molar-refractivity contribution in [3.63, 3.8) is 0 Å². The van der Waals surface area contributed by atoms with E-state index in [0.29, 0.717) is 0 Å². The van der Waals surface area contributed by atoms with E-state index in [2.05, 4.69) is 5.32 Å². The molecule has 0 unspecified atom stereocenters. The number of Topliss-reactive ketones (excluding diaryl/α,β-unsaturated/α-hetero) is 1. The normalized spacial score (nSPS) is 8.58. The third kappa shape index (κ3) is 2.47. The first-order valence-electron chi connectivity index (χ1n) is 3.61. The summed E-state index contributed by atoms with van der Waals surface area (Å²) in [6.45, 7) is 0.195. The van der Waals surface area contributed by atoms with Crippen molar-refractivity contribution in [2.24, 2.45) is 0 Å². The van der Waals surface area contributed by atoms with Crippen LogP contribution in [0.5, 0.6) is 0 Å². The van der Waals surface area contributed by atoms with Gasteiger partial charge in [0, 0.05) is 5.69 Å². The molecule has 0 amide bonds. The molecule has 1 aromatic rings. The fraction of sp³-hybridized carbons (Fsp3) is 0.100. The van der Waals surface area contributed by atoms with Gasteiger partial charge in [-0.3, -0.25) is 4.79 Å². The first kappa shape index (κ1) is 8.35. The molecule has 0 radical (unpaired) electrons. The number of carbonyl (C=O) groups excluding carboxylic acids is 1. The summed E-state index contributed by atoms with van der Waals surface area (Å²) in [4.78, 5) is 10.7. The van der Waals surface area contributed by atoms with Crippen molar-refractivity contribution < 1.29 is 4.79 Å². The Kier molecular flexibility index (Phi) is 2.92. The lowest BCUT2D eigenvalue weighted by molar-refractivity contribution is -0.112. The Morgan fingerprint density at radius 2 is 2.08 bits per heavy atom.